The Balaban J connectivity index is 1.69. The number of hydrogen-bond donors (Lipinski definition) is 1. The van der Waals surface area contributed by atoms with Gasteiger partial charge in [0.15, 0.2) is 0 Å². The predicted octanol–water partition coefficient (Wildman–Crippen LogP) is 4.79. The van der Waals surface area contributed by atoms with Crippen molar-refractivity contribution in [2.75, 3.05) is 19.4 Å². The minimum absolute atomic E-state index is 0.179. The number of aryl methyl sites for hydroxylation is 1. The molecule has 0 atom stereocenters. The molecule has 30 heavy (non-hydrogen) atoms. The molecule has 0 unspecified atom stereocenters. The van der Waals surface area contributed by atoms with Crippen LogP contribution >= 0.6 is 11.8 Å². The number of carbonyl (C=O) groups is 1. The van der Waals surface area contributed by atoms with E-state index in [4.69, 9.17) is 0 Å². The zero-order valence-corrected chi connectivity index (χ0v) is 18.8. The zero-order valence-electron chi connectivity index (χ0n) is 17.1. The third kappa shape index (κ3) is 5.30. The van der Waals surface area contributed by atoms with Crippen molar-refractivity contribution in [2.24, 2.45) is 0 Å². The van der Waals surface area contributed by atoms with Crippen molar-refractivity contribution >= 4 is 33.4 Å². The Morgan fingerprint density at radius 3 is 2.27 bits per heavy atom. The van der Waals surface area contributed by atoms with Crippen LogP contribution in [0.5, 0.6) is 0 Å². The van der Waals surface area contributed by atoms with Gasteiger partial charge in [-0.3, -0.25) is 4.79 Å². The Bertz CT molecular complexity index is 1130. The first-order chi connectivity index (χ1) is 14.3. The first kappa shape index (κ1) is 22.1. The molecule has 0 saturated heterocycles. The molecule has 1 N–H and O–H groups in total. The average molecular weight is 441 g/mol. The molecule has 0 fully saturated rings. The number of carbonyl (C=O) groups excluding carboxylic acids is 1. The number of amides is 1. The highest BCUT2D eigenvalue weighted by molar-refractivity contribution is 7.98. The molecule has 0 spiro atoms. The van der Waals surface area contributed by atoms with Gasteiger partial charge in [-0.25, -0.2) is 12.7 Å². The molecule has 7 heteroatoms. The summed E-state index contributed by atoms with van der Waals surface area (Å²) in [6.45, 7) is 1.73. The van der Waals surface area contributed by atoms with Gasteiger partial charge in [0.2, 0.25) is 10.0 Å². The van der Waals surface area contributed by atoms with Gasteiger partial charge in [0.1, 0.15) is 0 Å². The van der Waals surface area contributed by atoms with Crippen LogP contribution in [0.25, 0.3) is 0 Å². The first-order valence-electron chi connectivity index (χ1n) is 9.39. The monoisotopic (exact) mass is 440 g/mol. The molecule has 0 aliphatic rings. The van der Waals surface area contributed by atoms with Crippen molar-refractivity contribution in [2.45, 2.75) is 22.5 Å². The number of rotatable bonds is 7. The molecule has 0 saturated carbocycles. The Morgan fingerprint density at radius 1 is 0.967 bits per heavy atom. The maximum atomic E-state index is 12.6. The molecule has 0 aliphatic heterocycles. The molecule has 1 amide bonds. The zero-order chi connectivity index (χ0) is 21.7. The molecular weight excluding hydrogens is 416 g/mol. The summed E-state index contributed by atoms with van der Waals surface area (Å²) < 4.78 is 26.1. The second-order valence-corrected chi connectivity index (χ2v) is 10.2. The highest BCUT2D eigenvalue weighted by Crippen LogP contribution is 2.24. The van der Waals surface area contributed by atoms with Crippen LogP contribution in [-0.2, 0) is 15.8 Å². The molecule has 3 aromatic rings. The van der Waals surface area contributed by atoms with E-state index in [0.29, 0.717) is 16.8 Å². The highest BCUT2D eigenvalue weighted by atomic mass is 32.2. The fourth-order valence-corrected chi connectivity index (χ4v) is 4.81. The van der Waals surface area contributed by atoms with E-state index in [0.717, 1.165) is 15.6 Å². The van der Waals surface area contributed by atoms with E-state index in [1.807, 2.05) is 30.3 Å². The summed E-state index contributed by atoms with van der Waals surface area (Å²) >= 11 is 1.74. The van der Waals surface area contributed by atoms with Crippen molar-refractivity contribution in [3.05, 3.63) is 89.5 Å². The van der Waals surface area contributed by atoms with Crippen LogP contribution < -0.4 is 5.32 Å². The lowest BCUT2D eigenvalue weighted by Gasteiger charge is -2.15. The van der Waals surface area contributed by atoms with Crippen molar-refractivity contribution in [1.29, 1.82) is 0 Å². The lowest BCUT2D eigenvalue weighted by Crippen LogP contribution is -2.23. The average Bonchev–Trinajstić information content (AvgIpc) is 2.74. The quantitative estimate of drug-likeness (QED) is 0.537. The van der Waals surface area contributed by atoms with Crippen LogP contribution in [0.1, 0.15) is 21.5 Å². The van der Waals surface area contributed by atoms with Crippen LogP contribution in [0.2, 0.25) is 0 Å². The van der Waals surface area contributed by atoms with Gasteiger partial charge < -0.3 is 5.32 Å². The predicted molar refractivity (Wildman–Crippen MR) is 122 cm³/mol. The Labute approximate surface area is 182 Å². The molecule has 3 rings (SSSR count). The van der Waals surface area contributed by atoms with E-state index in [2.05, 4.69) is 17.4 Å². The van der Waals surface area contributed by atoms with E-state index in [1.54, 1.807) is 43.0 Å². The van der Waals surface area contributed by atoms with E-state index >= 15 is 0 Å². The molecule has 156 valence electrons. The molecule has 3 aromatic carbocycles. The van der Waals surface area contributed by atoms with Gasteiger partial charge >= 0.3 is 0 Å². The molecular formula is C23H24N2O3S2. The lowest BCUT2D eigenvalue weighted by molar-refractivity contribution is 0.102. The van der Waals surface area contributed by atoms with Crippen LogP contribution in [-0.4, -0.2) is 32.7 Å². The molecule has 0 radical (unpaired) electrons. The van der Waals surface area contributed by atoms with E-state index in [-0.39, 0.29) is 10.8 Å². The van der Waals surface area contributed by atoms with Crippen LogP contribution in [0.4, 0.5) is 5.69 Å². The smallest absolute Gasteiger partial charge is 0.255 e. The number of nitrogens with one attached hydrogen (secondary N) is 1. The number of hydrogen-bond acceptors (Lipinski definition) is 4. The van der Waals surface area contributed by atoms with Crippen molar-refractivity contribution in [3.8, 4) is 0 Å². The second kappa shape index (κ2) is 9.47. The number of sulfonamides is 1. The van der Waals surface area contributed by atoms with Gasteiger partial charge in [0, 0.05) is 36.0 Å². The Kier molecular flexibility index (Phi) is 6.97. The summed E-state index contributed by atoms with van der Waals surface area (Å²) in [4.78, 5) is 14.0. The minimum Gasteiger partial charge on any atom is -0.322 e. The van der Waals surface area contributed by atoms with Gasteiger partial charge in [-0.15, -0.1) is 11.8 Å². The van der Waals surface area contributed by atoms with Crippen LogP contribution in [0, 0.1) is 6.92 Å². The third-order valence-corrected chi connectivity index (χ3v) is 7.61. The SMILES string of the molecule is Cc1ccc(NC(=O)c2ccc(CSc3ccccc3)cc2)cc1S(=O)(=O)N(C)C. The molecule has 0 bridgehead atoms. The van der Waals surface area contributed by atoms with Gasteiger partial charge in [0.25, 0.3) is 5.91 Å². The number of thioether (sulfide) groups is 1. The van der Waals surface area contributed by atoms with Crippen LogP contribution in [0.3, 0.4) is 0 Å². The summed E-state index contributed by atoms with van der Waals surface area (Å²) in [5.41, 5.74) is 2.70. The topological polar surface area (TPSA) is 66.5 Å². The summed E-state index contributed by atoms with van der Waals surface area (Å²) in [5, 5.41) is 2.79. The highest BCUT2D eigenvalue weighted by Gasteiger charge is 2.20. The maximum Gasteiger partial charge on any atom is 0.255 e. The number of nitrogens with zero attached hydrogens (tertiary/aromatic N) is 1. The van der Waals surface area contributed by atoms with E-state index in [1.165, 1.54) is 25.1 Å². The molecule has 0 aliphatic carbocycles. The number of anilines is 1. The van der Waals surface area contributed by atoms with E-state index in [9.17, 15) is 13.2 Å². The van der Waals surface area contributed by atoms with Crippen molar-refractivity contribution in [3.63, 3.8) is 0 Å². The third-order valence-electron chi connectivity index (χ3n) is 4.57. The summed E-state index contributed by atoms with van der Waals surface area (Å²) in [6.07, 6.45) is 0. The molecule has 0 aromatic heterocycles. The van der Waals surface area contributed by atoms with Crippen molar-refractivity contribution < 1.29 is 13.2 Å². The molecule has 5 nitrogen and oxygen atoms in total. The Morgan fingerprint density at radius 2 is 1.63 bits per heavy atom. The minimum atomic E-state index is -3.59. The standard InChI is InChI=1S/C23H24N2O3S2/c1-17-9-14-20(15-22(17)30(27,28)25(2)3)24-23(26)19-12-10-18(11-13-19)16-29-21-7-5-4-6-8-21/h4-15H,16H2,1-3H3,(H,24,26). The second-order valence-electron chi connectivity index (χ2n) is 7.02. The van der Waals surface area contributed by atoms with Crippen molar-refractivity contribution in [1.82, 2.24) is 4.31 Å². The largest absolute Gasteiger partial charge is 0.322 e. The van der Waals surface area contributed by atoms with Crippen LogP contribution in [0.15, 0.2) is 82.6 Å². The lowest BCUT2D eigenvalue weighted by atomic mass is 10.1. The summed E-state index contributed by atoms with van der Waals surface area (Å²) in [5.74, 6) is 0.532. The fraction of sp³-hybridized carbons (Fsp3) is 0.174. The van der Waals surface area contributed by atoms with Gasteiger partial charge in [-0.05, 0) is 54.4 Å². The Hall–Kier alpha value is -2.61. The molecule has 0 heterocycles. The number of benzene rings is 3. The maximum absolute atomic E-state index is 12.6. The summed E-state index contributed by atoms with van der Waals surface area (Å²) in [7, 11) is -0.618. The van der Waals surface area contributed by atoms with E-state index < -0.39 is 10.0 Å². The van der Waals surface area contributed by atoms with Gasteiger partial charge in [0.05, 0.1) is 4.90 Å². The first-order valence-corrected chi connectivity index (χ1v) is 11.8. The fourth-order valence-electron chi connectivity index (χ4n) is 2.79. The normalized spacial score (nSPS) is 11.5. The van der Waals surface area contributed by atoms with Gasteiger partial charge in [-0.1, -0.05) is 36.4 Å². The summed E-state index contributed by atoms with van der Waals surface area (Å²) in [6, 6.07) is 22.5. The van der Waals surface area contributed by atoms with Gasteiger partial charge in [-0.2, -0.15) is 0 Å².